The topological polar surface area (TPSA) is 12.0 Å². The van der Waals surface area contributed by atoms with Gasteiger partial charge in [0.25, 0.3) is 0 Å². The van der Waals surface area contributed by atoms with E-state index in [-0.39, 0.29) is 0 Å². The van der Waals surface area contributed by atoms with Gasteiger partial charge in [0.2, 0.25) is 0 Å². The Morgan fingerprint density at radius 3 is 2.21 bits per heavy atom. The number of hydrogen-bond acceptors (Lipinski definition) is 1. The van der Waals surface area contributed by atoms with E-state index in [0.717, 1.165) is 24.2 Å². The van der Waals surface area contributed by atoms with Crippen molar-refractivity contribution >= 4 is 27.7 Å². The van der Waals surface area contributed by atoms with Crippen LogP contribution in [-0.2, 0) is 0 Å². The monoisotopic (exact) mass is 489 g/mol. The molecule has 184 valence electrons. The first kappa shape index (κ1) is 23.8. The van der Waals surface area contributed by atoms with Crippen LogP contribution in [-0.4, -0.2) is 0 Å². The fourth-order valence-electron chi connectivity index (χ4n) is 5.44. The van der Waals surface area contributed by atoms with Gasteiger partial charge >= 0.3 is 0 Å². The van der Waals surface area contributed by atoms with Crippen LogP contribution in [0.1, 0.15) is 30.9 Å². The molecule has 1 aliphatic carbocycles. The van der Waals surface area contributed by atoms with Gasteiger partial charge in [0.1, 0.15) is 0 Å². The quantitative estimate of drug-likeness (QED) is 0.242. The van der Waals surface area contributed by atoms with Crippen LogP contribution < -0.4 is 5.32 Å². The van der Waals surface area contributed by atoms with Gasteiger partial charge in [0, 0.05) is 16.9 Å². The second-order valence-corrected chi connectivity index (χ2v) is 10.0. The molecule has 0 saturated heterocycles. The van der Waals surface area contributed by atoms with E-state index in [4.69, 9.17) is 0 Å². The zero-order chi connectivity index (χ0) is 25.9. The summed E-state index contributed by atoms with van der Waals surface area (Å²) in [6, 6.07) is 39.3. The minimum atomic E-state index is 1.03. The summed E-state index contributed by atoms with van der Waals surface area (Å²) < 4.78 is 0. The molecule has 38 heavy (non-hydrogen) atoms. The lowest BCUT2D eigenvalue weighted by Gasteiger charge is -2.15. The van der Waals surface area contributed by atoms with Crippen LogP contribution in [0.15, 0.2) is 133 Å². The van der Waals surface area contributed by atoms with Gasteiger partial charge in [-0.05, 0) is 101 Å². The Hall–Kier alpha value is -4.58. The van der Waals surface area contributed by atoms with Crippen molar-refractivity contribution in [2.45, 2.75) is 26.7 Å². The Morgan fingerprint density at radius 1 is 0.658 bits per heavy atom. The third kappa shape index (κ3) is 4.85. The van der Waals surface area contributed by atoms with Crippen molar-refractivity contribution in [2.75, 3.05) is 5.32 Å². The fraction of sp³-hybridized carbons (Fsp3) is 0.108. The average molecular weight is 490 g/mol. The zero-order valence-corrected chi connectivity index (χ0v) is 22.0. The van der Waals surface area contributed by atoms with Crippen molar-refractivity contribution in [2.24, 2.45) is 0 Å². The van der Waals surface area contributed by atoms with Crippen molar-refractivity contribution in [1.82, 2.24) is 0 Å². The number of nitrogens with one attached hydrogen (secondary N) is 1. The van der Waals surface area contributed by atoms with Crippen LogP contribution >= 0.6 is 0 Å². The number of anilines is 2. The molecule has 1 nitrogen and oxygen atoms in total. The Morgan fingerprint density at radius 2 is 1.39 bits per heavy atom. The molecule has 0 heterocycles. The highest BCUT2D eigenvalue weighted by Gasteiger charge is 2.12. The molecule has 6 rings (SSSR count). The Bertz CT molecular complexity index is 1710. The van der Waals surface area contributed by atoms with Crippen molar-refractivity contribution in [1.29, 1.82) is 0 Å². The summed E-state index contributed by atoms with van der Waals surface area (Å²) in [5.41, 5.74) is 15.8. The molecular weight excluding hydrogens is 458 g/mol. The maximum atomic E-state index is 3.60. The smallest absolute Gasteiger partial charge is 0.0387 e. The largest absolute Gasteiger partial charge is 0.356 e. The van der Waals surface area contributed by atoms with Crippen LogP contribution in [0.5, 0.6) is 0 Å². The minimum absolute atomic E-state index is 1.03. The SMILES string of the molecule is CC1=C=C(c2ccc(Nc3ccc(-c4ccc5ccccc5c4-c4ccccc4)cc3)cc2C)CCC=C1. The predicted octanol–water partition coefficient (Wildman–Crippen LogP) is 10.5. The number of hydrogen-bond donors (Lipinski definition) is 1. The molecule has 0 bridgehead atoms. The van der Waals surface area contributed by atoms with Crippen LogP contribution in [0.3, 0.4) is 0 Å². The van der Waals surface area contributed by atoms with E-state index in [1.54, 1.807) is 0 Å². The van der Waals surface area contributed by atoms with Gasteiger partial charge in [-0.25, -0.2) is 0 Å². The van der Waals surface area contributed by atoms with Gasteiger partial charge in [-0.3, -0.25) is 0 Å². The summed E-state index contributed by atoms with van der Waals surface area (Å²) in [7, 11) is 0. The molecule has 1 N–H and O–H groups in total. The van der Waals surface area contributed by atoms with Crippen molar-refractivity contribution < 1.29 is 0 Å². The van der Waals surface area contributed by atoms with Crippen LogP contribution in [0, 0.1) is 6.92 Å². The lowest BCUT2D eigenvalue weighted by atomic mass is 9.90. The molecule has 0 aromatic heterocycles. The molecule has 0 radical (unpaired) electrons. The maximum absolute atomic E-state index is 3.60. The second-order valence-electron chi connectivity index (χ2n) is 10.0. The second kappa shape index (κ2) is 10.4. The first-order valence-corrected chi connectivity index (χ1v) is 13.3. The van der Waals surface area contributed by atoms with E-state index in [1.807, 2.05) is 0 Å². The molecular formula is C37H31N. The predicted molar refractivity (Wildman–Crippen MR) is 164 cm³/mol. The van der Waals surface area contributed by atoms with Gasteiger partial charge in [-0.15, -0.1) is 5.73 Å². The van der Waals surface area contributed by atoms with E-state index in [0.29, 0.717) is 0 Å². The van der Waals surface area contributed by atoms with E-state index in [9.17, 15) is 0 Å². The number of benzene rings is 5. The van der Waals surface area contributed by atoms with Crippen LogP contribution in [0.25, 0.3) is 38.6 Å². The highest BCUT2D eigenvalue weighted by Crippen LogP contribution is 2.38. The molecule has 0 aliphatic heterocycles. The maximum Gasteiger partial charge on any atom is 0.0387 e. The van der Waals surface area contributed by atoms with Crippen molar-refractivity contribution in [3.8, 4) is 22.3 Å². The van der Waals surface area contributed by atoms with E-state index in [2.05, 4.69) is 146 Å². The Labute approximate surface area is 225 Å². The average Bonchev–Trinajstić information content (AvgIpc) is 3.17. The van der Waals surface area contributed by atoms with Gasteiger partial charge in [-0.2, -0.15) is 0 Å². The minimum Gasteiger partial charge on any atom is -0.356 e. The third-order valence-electron chi connectivity index (χ3n) is 7.30. The molecule has 1 heteroatoms. The molecule has 1 aliphatic rings. The lowest BCUT2D eigenvalue weighted by molar-refractivity contribution is 1.07. The van der Waals surface area contributed by atoms with Gasteiger partial charge in [0.15, 0.2) is 0 Å². The summed E-state index contributed by atoms with van der Waals surface area (Å²) >= 11 is 0. The summed E-state index contributed by atoms with van der Waals surface area (Å²) in [5.74, 6) is 0. The van der Waals surface area contributed by atoms with Crippen LogP contribution in [0.2, 0.25) is 0 Å². The van der Waals surface area contributed by atoms with Gasteiger partial charge in [0.05, 0.1) is 0 Å². The summed E-state index contributed by atoms with van der Waals surface area (Å²) in [4.78, 5) is 0. The normalized spacial score (nSPS) is 13.1. The van der Waals surface area contributed by atoms with Crippen molar-refractivity contribution in [3.05, 3.63) is 144 Å². The summed E-state index contributed by atoms with van der Waals surface area (Å²) in [5, 5.41) is 6.14. The van der Waals surface area contributed by atoms with E-state index < -0.39 is 0 Å². The fourth-order valence-corrected chi connectivity index (χ4v) is 5.44. The summed E-state index contributed by atoms with van der Waals surface area (Å²) in [6.07, 6.45) is 6.50. The molecule has 5 aromatic carbocycles. The molecule has 0 fully saturated rings. The number of rotatable bonds is 5. The third-order valence-corrected chi connectivity index (χ3v) is 7.30. The molecule has 0 unspecified atom stereocenters. The van der Waals surface area contributed by atoms with Crippen LogP contribution in [0.4, 0.5) is 11.4 Å². The van der Waals surface area contributed by atoms with Crippen molar-refractivity contribution in [3.63, 3.8) is 0 Å². The molecule has 0 saturated carbocycles. The Kier molecular flexibility index (Phi) is 6.53. The van der Waals surface area contributed by atoms with E-state index >= 15 is 0 Å². The highest BCUT2D eigenvalue weighted by molar-refractivity contribution is 6.04. The first-order chi connectivity index (χ1) is 18.7. The van der Waals surface area contributed by atoms with E-state index in [1.165, 1.54) is 55.3 Å². The Balaban J connectivity index is 1.30. The number of allylic oxidation sites excluding steroid dienone is 3. The number of fused-ring (bicyclic) bond motifs is 1. The molecule has 0 amide bonds. The molecule has 5 aromatic rings. The first-order valence-electron chi connectivity index (χ1n) is 13.3. The molecule has 0 atom stereocenters. The number of aryl methyl sites for hydroxylation is 1. The summed E-state index contributed by atoms with van der Waals surface area (Å²) in [6.45, 7) is 4.31. The van der Waals surface area contributed by atoms with Gasteiger partial charge in [-0.1, -0.05) is 97.1 Å². The standard InChI is InChI=1S/C37H31N/c1-26-10-6-7-14-31(24-26)34-23-21-33(25-27(34)2)38-32-19-16-29(17-20-32)36-22-18-28-11-8-9-15-35(28)37(36)30-12-4-3-5-13-30/h3-6,8-13,15-23,25,38H,7,14H2,1-2H3. The lowest BCUT2D eigenvalue weighted by Crippen LogP contribution is -1.94. The molecule has 0 spiro atoms. The highest BCUT2D eigenvalue weighted by atomic mass is 14.9. The zero-order valence-electron chi connectivity index (χ0n) is 22.0. The van der Waals surface area contributed by atoms with Gasteiger partial charge < -0.3 is 5.32 Å².